The average Bonchev–Trinajstić information content (AvgIpc) is 2.51. The van der Waals surface area contributed by atoms with Crippen LogP contribution >= 0.6 is 7.60 Å². The van der Waals surface area contributed by atoms with Crippen LogP contribution in [0.2, 0.25) is 0 Å². The van der Waals surface area contributed by atoms with E-state index >= 15 is 0 Å². The summed E-state index contributed by atoms with van der Waals surface area (Å²) in [5, 5.41) is 0. The van der Waals surface area contributed by atoms with Gasteiger partial charge in [-0.2, -0.15) is 0 Å². The van der Waals surface area contributed by atoms with Crippen LogP contribution in [0.3, 0.4) is 0 Å². The average molecular weight is 207 g/mol. The maximum absolute atomic E-state index is 11.4. The van der Waals surface area contributed by atoms with E-state index in [4.69, 9.17) is 9.79 Å². The molecule has 76 valence electrons. The molecule has 0 aliphatic carbocycles. The van der Waals surface area contributed by atoms with Gasteiger partial charge in [0, 0.05) is 13.1 Å². The van der Waals surface area contributed by atoms with Gasteiger partial charge in [-0.1, -0.05) is 0 Å². The van der Waals surface area contributed by atoms with Crippen LogP contribution < -0.4 is 0 Å². The molecule has 2 N–H and O–H groups in total. The minimum atomic E-state index is -4.26. The second-order valence-corrected chi connectivity index (χ2v) is 5.25. The van der Waals surface area contributed by atoms with Gasteiger partial charge in [0.05, 0.1) is 0 Å². The smallest absolute Gasteiger partial charge is 0.337 e. The van der Waals surface area contributed by atoms with Crippen molar-refractivity contribution in [3.63, 3.8) is 0 Å². The summed E-state index contributed by atoms with van der Waals surface area (Å²) in [4.78, 5) is 30.5. The predicted molar refractivity (Wildman–Crippen MR) is 47.3 cm³/mol. The Bertz CT molecular complexity index is 243. The Morgan fingerprint density at radius 2 is 1.85 bits per heavy atom. The Balaban J connectivity index is 2.61. The molecule has 0 radical (unpaired) electrons. The van der Waals surface area contributed by atoms with Gasteiger partial charge in [-0.05, 0) is 19.8 Å². The first-order chi connectivity index (χ1) is 5.93. The number of amides is 1. The summed E-state index contributed by atoms with van der Waals surface area (Å²) < 4.78 is 10.8. The fourth-order valence-corrected chi connectivity index (χ4v) is 1.80. The molecule has 1 amide bonds. The molecule has 1 saturated heterocycles. The molecule has 1 atom stereocenters. The first-order valence-electron chi connectivity index (χ1n) is 4.27. The molecule has 1 unspecified atom stereocenters. The van der Waals surface area contributed by atoms with Crippen LogP contribution in [0.4, 0.5) is 0 Å². The first-order valence-corrected chi connectivity index (χ1v) is 5.95. The molecular weight excluding hydrogens is 193 g/mol. The lowest BCUT2D eigenvalue weighted by Gasteiger charge is -2.20. The third kappa shape index (κ3) is 2.53. The summed E-state index contributed by atoms with van der Waals surface area (Å²) in [5.74, 6) is -0.425. The fourth-order valence-electron chi connectivity index (χ4n) is 1.35. The summed E-state index contributed by atoms with van der Waals surface area (Å²) in [5.41, 5.74) is -1.19. The van der Waals surface area contributed by atoms with Crippen LogP contribution in [0.25, 0.3) is 0 Å². The number of carbonyl (C=O) groups is 1. The van der Waals surface area contributed by atoms with Crippen LogP contribution in [-0.2, 0) is 9.36 Å². The van der Waals surface area contributed by atoms with E-state index in [0.717, 1.165) is 12.8 Å². The second kappa shape index (κ2) is 3.78. The Morgan fingerprint density at radius 3 is 2.23 bits per heavy atom. The summed E-state index contributed by atoms with van der Waals surface area (Å²) in [6.45, 7) is 2.54. The molecule has 1 aliphatic heterocycles. The van der Waals surface area contributed by atoms with Crippen LogP contribution in [0, 0.1) is 0 Å². The van der Waals surface area contributed by atoms with Gasteiger partial charge in [-0.15, -0.1) is 0 Å². The maximum Gasteiger partial charge on any atom is 0.337 e. The van der Waals surface area contributed by atoms with Crippen molar-refractivity contribution >= 4 is 13.5 Å². The molecule has 0 aromatic heterocycles. The molecule has 1 heterocycles. The molecule has 1 fully saturated rings. The third-order valence-corrected chi connectivity index (χ3v) is 3.51. The van der Waals surface area contributed by atoms with Crippen molar-refractivity contribution in [3.05, 3.63) is 0 Å². The molecule has 1 rings (SSSR count). The van der Waals surface area contributed by atoms with Crippen molar-refractivity contribution < 1.29 is 19.1 Å². The van der Waals surface area contributed by atoms with Gasteiger partial charge in [0.1, 0.15) is 5.66 Å². The Kier molecular flexibility index (Phi) is 3.11. The highest BCUT2D eigenvalue weighted by molar-refractivity contribution is 7.53. The number of carbonyl (C=O) groups excluding carboxylic acids is 1. The topological polar surface area (TPSA) is 77.8 Å². The number of rotatable bonds is 2. The van der Waals surface area contributed by atoms with Gasteiger partial charge in [-0.3, -0.25) is 9.36 Å². The Labute approximate surface area is 76.9 Å². The number of hydrogen-bond donors (Lipinski definition) is 2. The first kappa shape index (κ1) is 10.7. The zero-order valence-electron chi connectivity index (χ0n) is 7.51. The lowest BCUT2D eigenvalue weighted by molar-refractivity contribution is -0.129. The van der Waals surface area contributed by atoms with Crippen molar-refractivity contribution in [2.45, 2.75) is 25.4 Å². The van der Waals surface area contributed by atoms with Crippen LogP contribution in [0.15, 0.2) is 0 Å². The normalized spacial score (nSPS) is 20.4. The third-order valence-electron chi connectivity index (χ3n) is 2.28. The van der Waals surface area contributed by atoms with E-state index in [-0.39, 0.29) is 0 Å². The molecule has 0 aromatic rings. The second-order valence-electron chi connectivity index (χ2n) is 3.30. The molecule has 0 bridgehead atoms. The molecule has 0 saturated carbocycles. The standard InChI is InChI=1S/C7H14NO4P/c1-6(13(10,11)12)7(9)8-4-2-3-5-8/h6H,2-5H2,1H3,(H2,10,11,12). The summed E-state index contributed by atoms with van der Waals surface area (Å²) in [6, 6.07) is 0. The van der Waals surface area contributed by atoms with E-state index < -0.39 is 19.2 Å². The molecule has 0 spiro atoms. The van der Waals surface area contributed by atoms with Crippen molar-refractivity contribution in [3.8, 4) is 0 Å². The monoisotopic (exact) mass is 207 g/mol. The predicted octanol–water partition coefficient (Wildman–Crippen LogP) is 0.175. The van der Waals surface area contributed by atoms with Crippen LogP contribution in [-0.4, -0.2) is 39.3 Å². The van der Waals surface area contributed by atoms with E-state index in [1.165, 1.54) is 11.8 Å². The van der Waals surface area contributed by atoms with Gasteiger partial charge in [-0.25, -0.2) is 0 Å². The largest absolute Gasteiger partial charge is 0.342 e. The van der Waals surface area contributed by atoms with E-state index in [2.05, 4.69) is 0 Å². The molecule has 13 heavy (non-hydrogen) atoms. The highest BCUT2D eigenvalue weighted by atomic mass is 31.2. The van der Waals surface area contributed by atoms with E-state index in [0.29, 0.717) is 13.1 Å². The quantitative estimate of drug-likeness (QED) is 0.633. The molecule has 6 heteroatoms. The summed E-state index contributed by atoms with van der Waals surface area (Å²) in [7, 11) is -4.26. The van der Waals surface area contributed by atoms with Crippen LogP contribution in [0.1, 0.15) is 19.8 Å². The van der Waals surface area contributed by atoms with Gasteiger partial charge < -0.3 is 14.7 Å². The number of nitrogens with zero attached hydrogens (tertiary/aromatic N) is 1. The van der Waals surface area contributed by atoms with Crippen LogP contribution in [0.5, 0.6) is 0 Å². The summed E-state index contributed by atoms with van der Waals surface area (Å²) in [6.07, 6.45) is 1.86. The van der Waals surface area contributed by atoms with Crippen molar-refractivity contribution in [1.29, 1.82) is 0 Å². The number of likely N-dealkylation sites (tertiary alicyclic amines) is 1. The minimum absolute atomic E-state index is 0.425. The Hall–Kier alpha value is -0.380. The lowest BCUT2D eigenvalue weighted by Crippen LogP contribution is -2.35. The molecule has 1 aliphatic rings. The molecular formula is C7H14NO4P. The number of hydrogen-bond acceptors (Lipinski definition) is 2. The minimum Gasteiger partial charge on any atom is -0.342 e. The van der Waals surface area contributed by atoms with Gasteiger partial charge in [0.2, 0.25) is 5.91 Å². The summed E-state index contributed by atoms with van der Waals surface area (Å²) >= 11 is 0. The van der Waals surface area contributed by atoms with E-state index in [1.807, 2.05) is 0 Å². The van der Waals surface area contributed by atoms with Gasteiger partial charge >= 0.3 is 7.60 Å². The van der Waals surface area contributed by atoms with E-state index in [1.54, 1.807) is 0 Å². The van der Waals surface area contributed by atoms with Crippen molar-refractivity contribution in [1.82, 2.24) is 4.90 Å². The van der Waals surface area contributed by atoms with Gasteiger partial charge in [0.25, 0.3) is 0 Å². The zero-order chi connectivity index (χ0) is 10.1. The molecule has 0 aromatic carbocycles. The van der Waals surface area contributed by atoms with Crippen molar-refractivity contribution in [2.75, 3.05) is 13.1 Å². The van der Waals surface area contributed by atoms with Crippen molar-refractivity contribution in [2.24, 2.45) is 0 Å². The lowest BCUT2D eigenvalue weighted by atomic mass is 10.4. The fraction of sp³-hybridized carbons (Fsp3) is 0.857. The van der Waals surface area contributed by atoms with E-state index in [9.17, 15) is 9.36 Å². The molecule has 5 nitrogen and oxygen atoms in total. The highest BCUT2D eigenvalue weighted by Gasteiger charge is 2.34. The SMILES string of the molecule is CC(C(=O)N1CCCC1)P(=O)(O)O. The maximum atomic E-state index is 11.4. The zero-order valence-corrected chi connectivity index (χ0v) is 8.41. The Morgan fingerprint density at radius 1 is 1.38 bits per heavy atom. The highest BCUT2D eigenvalue weighted by Crippen LogP contribution is 2.41. The van der Waals surface area contributed by atoms with Gasteiger partial charge in [0.15, 0.2) is 0 Å².